The zero-order valence-electron chi connectivity index (χ0n) is 9.57. The van der Waals surface area contributed by atoms with Crippen molar-refractivity contribution in [3.05, 3.63) is 18.0 Å². The largest absolute Gasteiger partial charge is 0.495 e. The summed E-state index contributed by atoms with van der Waals surface area (Å²) < 4.78 is 10.4. The highest BCUT2D eigenvalue weighted by molar-refractivity contribution is 5.42. The summed E-state index contributed by atoms with van der Waals surface area (Å²) in [6.45, 7) is 3.48. The molecule has 84 valence electrons. The quantitative estimate of drug-likeness (QED) is 0.818. The molecule has 1 aromatic rings. The van der Waals surface area contributed by atoms with E-state index in [9.17, 15) is 5.11 Å². The van der Waals surface area contributed by atoms with Gasteiger partial charge in [0.1, 0.15) is 11.5 Å². The molecule has 4 nitrogen and oxygen atoms in total. The molecule has 0 bridgehead atoms. The van der Waals surface area contributed by atoms with Crippen molar-refractivity contribution in [3.8, 4) is 11.5 Å². The Hall–Kier alpha value is -1.29. The van der Waals surface area contributed by atoms with Crippen LogP contribution in [0.5, 0.6) is 11.5 Å². The minimum Gasteiger partial charge on any atom is -0.495 e. The molecule has 0 aromatic carbocycles. The van der Waals surface area contributed by atoms with Gasteiger partial charge in [-0.05, 0) is 13.8 Å². The van der Waals surface area contributed by atoms with Crippen LogP contribution in [0, 0.1) is 0 Å². The van der Waals surface area contributed by atoms with E-state index in [0.29, 0.717) is 17.9 Å². The van der Waals surface area contributed by atoms with E-state index in [4.69, 9.17) is 9.47 Å². The van der Waals surface area contributed by atoms with Crippen LogP contribution in [0.4, 0.5) is 0 Å². The monoisotopic (exact) mass is 211 g/mol. The lowest BCUT2D eigenvalue weighted by atomic mass is 9.98. The summed E-state index contributed by atoms with van der Waals surface area (Å²) in [5, 5.41) is 9.78. The van der Waals surface area contributed by atoms with Crippen LogP contribution in [0.1, 0.15) is 19.4 Å². The molecular weight excluding hydrogens is 194 g/mol. The van der Waals surface area contributed by atoms with Gasteiger partial charge in [-0.25, -0.2) is 0 Å². The molecule has 0 amide bonds. The molecule has 0 spiro atoms. The lowest BCUT2D eigenvalue weighted by molar-refractivity contribution is 0.0794. The van der Waals surface area contributed by atoms with Crippen molar-refractivity contribution in [1.29, 1.82) is 0 Å². The Labute approximate surface area is 89.9 Å². The van der Waals surface area contributed by atoms with E-state index < -0.39 is 5.60 Å². The number of pyridine rings is 1. The summed E-state index contributed by atoms with van der Waals surface area (Å²) >= 11 is 0. The highest BCUT2D eigenvalue weighted by atomic mass is 16.5. The summed E-state index contributed by atoms with van der Waals surface area (Å²) in [6.07, 6.45) is 3.69. The number of nitrogens with zero attached hydrogens (tertiary/aromatic N) is 1. The van der Waals surface area contributed by atoms with Crippen LogP contribution < -0.4 is 9.47 Å². The molecule has 0 saturated heterocycles. The van der Waals surface area contributed by atoms with Gasteiger partial charge >= 0.3 is 0 Å². The molecule has 0 radical (unpaired) electrons. The summed E-state index contributed by atoms with van der Waals surface area (Å²) in [7, 11) is 3.15. The number of aliphatic hydroxyl groups is 1. The van der Waals surface area contributed by atoms with Crippen LogP contribution in [0.2, 0.25) is 0 Å². The van der Waals surface area contributed by atoms with Crippen molar-refractivity contribution in [2.24, 2.45) is 0 Å². The number of ether oxygens (including phenoxy) is 2. The van der Waals surface area contributed by atoms with Crippen molar-refractivity contribution in [2.45, 2.75) is 25.9 Å². The lowest BCUT2D eigenvalue weighted by Gasteiger charge is -2.20. The van der Waals surface area contributed by atoms with E-state index in [2.05, 4.69) is 4.98 Å². The van der Waals surface area contributed by atoms with Crippen molar-refractivity contribution in [1.82, 2.24) is 4.98 Å². The van der Waals surface area contributed by atoms with E-state index in [-0.39, 0.29) is 0 Å². The number of methoxy groups -OCH3 is 2. The smallest absolute Gasteiger partial charge is 0.144 e. The maximum Gasteiger partial charge on any atom is 0.144 e. The molecule has 1 heterocycles. The Morgan fingerprint density at radius 1 is 1.20 bits per heavy atom. The maximum absolute atomic E-state index is 9.78. The normalized spacial score (nSPS) is 11.3. The molecule has 1 N–H and O–H groups in total. The molecule has 1 rings (SSSR count). The Balaban J connectivity index is 3.11. The first-order valence-corrected chi connectivity index (χ1v) is 4.75. The van der Waals surface area contributed by atoms with Gasteiger partial charge in [-0.1, -0.05) is 0 Å². The summed E-state index contributed by atoms with van der Waals surface area (Å²) in [5.74, 6) is 1.27. The lowest BCUT2D eigenvalue weighted by Crippen LogP contribution is -2.22. The first-order valence-electron chi connectivity index (χ1n) is 4.75. The number of hydrogen-bond donors (Lipinski definition) is 1. The van der Waals surface area contributed by atoms with Gasteiger partial charge < -0.3 is 14.6 Å². The van der Waals surface area contributed by atoms with Gasteiger partial charge in [-0.15, -0.1) is 0 Å². The van der Waals surface area contributed by atoms with E-state index in [0.717, 1.165) is 5.56 Å². The molecule has 0 atom stereocenters. The third-order valence-corrected chi connectivity index (χ3v) is 2.03. The first-order chi connectivity index (χ1) is 6.98. The fraction of sp³-hybridized carbons (Fsp3) is 0.545. The molecule has 0 fully saturated rings. The fourth-order valence-corrected chi connectivity index (χ4v) is 1.41. The molecule has 0 aliphatic rings. The number of aromatic nitrogens is 1. The van der Waals surface area contributed by atoms with Crippen LogP contribution in [-0.4, -0.2) is 29.9 Å². The molecule has 0 saturated carbocycles. The molecule has 4 heteroatoms. The summed E-state index contributed by atoms with van der Waals surface area (Å²) in [5.41, 5.74) is 0.0320. The molecule has 0 aliphatic heterocycles. The predicted octanol–water partition coefficient (Wildman–Crippen LogP) is 1.41. The van der Waals surface area contributed by atoms with Crippen molar-refractivity contribution < 1.29 is 14.6 Å². The van der Waals surface area contributed by atoms with Crippen molar-refractivity contribution >= 4 is 0 Å². The van der Waals surface area contributed by atoms with Crippen LogP contribution in [0.15, 0.2) is 12.4 Å². The minimum absolute atomic E-state index is 0.460. The van der Waals surface area contributed by atoms with Gasteiger partial charge in [0, 0.05) is 12.0 Å². The number of hydrogen-bond acceptors (Lipinski definition) is 4. The Bertz CT molecular complexity index is 309. The van der Waals surface area contributed by atoms with Gasteiger partial charge in [-0.3, -0.25) is 4.98 Å². The third-order valence-electron chi connectivity index (χ3n) is 2.03. The third kappa shape index (κ3) is 3.09. The molecular formula is C11H17NO3. The topological polar surface area (TPSA) is 51.6 Å². The van der Waals surface area contributed by atoms with E-state index in [1.165, 1.54) is 0 Å². The number of rotatable bonds is 4. The molecule has 1 aromatic heterocycles. The van der Waals surface area contributed by atoms with Gasteiger partial charge in [0.25, 0.3) is 0 Å². The second kappa shape index (κ2) is 4.49. The van der Waals surface area contributed by atoms with Gasteiger partial charge in [0.2, 0.25) is 0 Å². The zero-order valence-corrected chi connectivity index (χ0v) is 9.57. The fourth-order valence-electron chi connectivity index (χ4n) is 1.41. The van der Waals surface area contributed by atoms with Gasteiger partial charge in [-0.2, -0.15) is 0 Å². The Morgan fingerprint density at radius 2 is 1.67 bits per heavy atom. The van der Waals surface area contributed by atoms with Crippen molar-refractivity contribution in [2.75, 3.05) is 14.2 Å². The second-order valence-corrected chi connectivity index (χ2v) is 4.01. The van der Waals surface area contributed by atoms with Gasteiger partial charge in [0.15, 0.2) is 0 Å². The minimum atomic E-state index is -0.804. The van der Waals surface area contributed by atoms with E-state index in [1.54, 1.807) is 40.5 Å². The van der Waals surface area contributed by atoms with Gasteiger partial charge in [0.05, 0.1) is 32.2 Å². The summed E-state index contributed by atoms with van der Waals surface area (Å²) in [6, 6.07) is 0. The van der Waals surface area contributed by atoms with Crippen LogP contribution in [-0.2, 0) is 6.42 Å². The summed E-state index contributed by atoms with van der Waals surface area (Å²) in [4.78, 5) is 3.99. The zero-order chi connectivity index (χ0) is 11.5. The Morgan fingerprint density at radius 3 is 2.00 bits per heavy atom. The Kier molecular flexibility index (Phi) is 3.52. The second-order valence-electron chi connectivity index (χ2n) is 4.01. The molecule has 0 unspecified atom stereocenters. The van der Waals surface area contributed by atoms with Crippen LogP contribution in [0.3, 0.4) is 0 Å². The highest BCUT2D eigenvalue weighted by Crippen LogP contribution is 2.30. The predicted molar refractivity (Wildman–Crippen MR) is 57.3 cm³/mol. The van der Waals surface area contributed by atoms with Crippen LogP contribution in [0.25, 0.3) is 0 Å². The van der Waals surface area contributed by atoms with Crippen molar-refractivity contribution in [3.63, 3.8) is 0 Å². The average Bonchev–Trinajstić information content (AvgIpc) is 2.16. The molecule has 0 aliphatic carbocycles. The standard InChI is InChI=1S/C11H17NO3/c1-11(2,13)5-8-9(14-3)6-12-7-10(8)15-4/h6-7,13H,5H2,1-4H3. The maximum atomic E-state index is 9.78. The highest BCUT2D eigenvalue weighted by Gasteiger charge is 2.20. The average molecular weight is 211 g/mol. The van der Waals surface area contributed by atoms with Crippen LogP contribution >= 0.6 is 0 Å². The van der Waals surface area contributed by atoms with E-state index in [1.807, 2.05) is 0 Å². The molecule has 15 heavy (non-hydrogen) atoms. The SMILES string of the molecule is COc1cncc(OC)c1CC(C)(C)O. The first kappa shape index (κ1) is 11.8. The van der Waals surface area contributed by atoms with E-state index >= 15 is 0 Å².